The molecule has 0 radical (unpaired) electrons. The van der Waals surface area contributed by atoms with Crippen molar-refractivity contribution in [2.75, 3.05) is 0 Å². The smallest absolute Gasteiger partial charge is 0.868 e. The molecular weight excluding hydrogens is 275 g/mol. The molecule has 0 unspecified atom stereocenters. The number of aromatic carboxylic acids is 1. The van der Waals surface area contributed by atoms with Crippen molar-refractivity contribution in [2.24, 2.45) is 0 Å². The molecule has 0 aliphatic rings. The Balaban J connectivity index is 0.00000289. The Morgan fingerprint density at radius 3 is 2.00 bits per heavy atom. The fourth-order valence-electron chi connectivity index (χ4n) is 1.31. The first-order valence-corrected chi connectivity index (χ1v) is 4.14. The van der Waals surface area contributed by atoms with E-state index in [4.69, 9.17) is 5.11 Å². The maximum atomic E-state index is 11.4. The summed E-state index contributed by atoms with van der Waals surface area (Å²) in [6.45, 7) is 0.992. The first kappa shape index (κ1) is 16.9. The summed E-state index contributed by atoms with van der Waals surface area (Å²) in [5.74, 6) is -2.82. The van der Waals surface area contributed by atoms with Crippen molar-refractivity contribution in [3.8, 4) is 5.75 Å². The van der Waals surface area contributed by atoms with Crippen molar-refractivity contribution in [2.45, 2.75) is 6.92 Å². The first-order valence-electron chi connectivity index (χ1n) is 4.14. The molecule has 1 N–H and O–H groups in total. The molecule has 0 amide bonds. The molecule has 0 aliphatic carbocycles. The Labute approximate surface area is 142 Å². The fraction of sp³-hybridized carbons (Fsp3) is 0.125. The molecular formula is C8H5KN2O7. The summed E-state index contributed by atoms with van der Waals surface area (Å²) in [5.41, 5.74) is -3.34. The normalized spacial score (nSPS) is 9.39. The van der Waals surface area contributed by atoms with Gasteiger partial charge in [0.05, 0.1) is 15.9 Å². The monoisotopic (exact) mass is 280 g/mol. The van der Waals surface area contributed by atoms with E-state index in [2.05, 4.69) is 0 Å². The maximum absolute atomic E-state index is 11.4. The summed E-state index contributed by atoms with van der Waals surface area (Å²) in [4.78, 5) is 29.6. The van der Waals surface area contributed by atoms with Crippen LogP contribution in [0.15, 0.2) is 6.07 Å². The zero-order valence-electron chi connectivity index (χ0n) is 9.37. The predicted molar refractivity (Wildman–Crippen MR) is 50.9 cm³/mol. The molecule has 90 valence electrons. The van der Waals surface area contributed by atoms with E-state index in [-0.39, 0.29) is 51.4 Å². The second-order valence-electron chi connectivity index (χ2n) is 3.06. The molecule has 10 heteroatoms. The van der Waals surface area contributed by atoms with Gasteiger partial charge in [-0.25, -0.2) is 4.79 Å². The molecule has 1 aromatic carbocycles. The van der Waals surface area contributed by atoms with E-state index in [9.17, 15) is 30.1 Å². The Kier molecular flexibility index (Phi) is 5.83. The Morgan fingerprint density at radius 1 is 1.22 bits per heavy atom. The third kappa shape index (κ3) is 3.03. The fourth-order valence-corrected chi connectivity index (χ4v) is 1.31. The van der Waals surface area contributed by atoms with Gasteiger partial charge in [0.15, 0.2) is 0 Å². The largest absolute Gasteiger partial charge is 1.00 e. The average Bonchev–Trinajstić information content (AvgIpc) is 2.19. The third-order valence-corrected chi connectivity index (χ3v) is 2.09. The number of carboxylic acids is 1. The second-order valence-corrected chi connectivity index (χ2v) is 3.06. The third-order valence-electron chi connectivity index (χ3n) is 2.09. The molecule has 1 aromatic rings. The summed E-state index contributed by atoms with van der Waals surface area (Å²) in [5, 5.41) is 41.2. The molecule has 9 nitrogen and oxygen atoms in total. The number of benzene rings is 1. The number of hydrogen-bond donors (Lipinski definition) is 1. The van der Waals surface area contributed by atoms with Crippen LogP contribution >= 0.6 is 0 Å². The van der Waals surface area contributed by atoms with E-state index < -0.39 is 44.1 Å². The van der Waals surface area contributed by atoms with Crippen LogP contribution in [0.5, 0.6) is 5.75 Å². The SMILES string of the molecule is Cc1c([O-])c([N+](=O)[O-])cc([N+](=O)[O-])c1C(=O)O.[K+]. The van der Waals surface area contributed by atoms with Gasteiger partial charge >= 0.3 is 57.4 Å². The predicted octanol–water partition coefficient (Wildman–Crippen LogP) is -2.41. The van der Waals surface area contributed by atoms with Gasteiger partial charge in [0.25, 0.3) is 11.4 Å². The van der Waals surface area contributed by atoms with Crippen molar-refractivity contribution in [3.05, 3.63) is 37.4 Å². The van der Waals surface area contributed by atoms with Crippen LogP contribution in [0.2, 0.25) is 0 Å². The van der Waals surface area contributed by atoms with Crippen molar-refractivity contribution in [1.82, 2.24) is 0 Å². The van der Waals surface area contributed by atoms with E-state index in [1.165, 1.54) is 0 Å². The van der Waals surface area contributed by atoms with Crippen LogP contribution in [0, 0.1) is 27.2 Å². The summed E-state index contributed by atoms with van der Waals surface area (Å²) in [7, 11) is 0. The number of nitrogens with zero attached hydrogens (tertiary/aromatic N) is 2. The van der Waals surface area contributed by atoms with Crippen LogP contribution in [-0.4, -0.2) is 20.9 Å². The van der Waals surface area contributed by atoms with Gasteiger partial charge in [-0.3, -0.25) is 20.2 Å². The summed E-state index contributed by atoms with van der Waals surface area (Å²) >= 11 is 0. The van der Waals surface area contributed by atoms with Gasteiger partial charge in [0, 0.05) is 0 Å². The van der Waals surface area contributed by atoms with Crippen LogP contribution in [0.3, 0.4) is 0 Å². The number of carboxylic acid groups (broad SMARTS) is 1. The molecule has 0 heterocycles. The Bertz CT molecular complexity index is 543. The van der Waals surface area contributed by atoms with Gasteiger partial charge in [0.2, 0.25) is 0 Å². The molecule has 0 fully saturated rings. The maximum Gasteiger partial charge on any atom is 1.00 e. The van der Waals surface area contributed by atoms with Crippen LogP contribution in [-0.2, 0) is 0 Å². The molecule has 1 rings (SSSR count). The molecule has 0 saturated heterocycles. The van der Waals surface area contributed by atoms with Crippen LogP contribution in [0.25, 0.3) is 0 Å². The average molecular weight is 280 g/mol. The van der Waals surface area contributed by atoms with Gasteiger partial charge < -0.3 is 10.2 Å². The van der Waals surface area contributed by atoms with Crippen LogP contribution < -0.4 is 56.5 Å². The van der Waals surface area contributed by atoms with Crippen molar-refractivity contribution < 1.29 is 76.2 Å². The topological polar surface area (TPSA) is 147 Å². The molecule has 0 aromatic heterocycles. The van der Waals surface area contributed by atoms with E-state index in [0.717, 1.165) is 6.92 Å². The zero-order chi connectivity index (χ0) is 13.3. The van der Waals surface area contributed by atoms with Gasteiger partial charge in [-0.05, 0) is 18.2 Å². The molecule has 0 spiro atoms. The van der Waals surface area contributed by atoms with Crippen LogP contribution in [0.1, 0.15) is 15.9 Å². The van der Waals surface area contributed by atoms with Gasteiger partial charge in [0.1, 0.15) is 5.56 Å². The number of carbonyl (C=O) groups is 1. The van der Waals surface area contributed by atoms with Gasteiger partial charge in [-0.15, -0.1) is 0 Å². The van der Waals surface area contributed by atoms with Crippen molar-refractivity contribution >= 4 is 17.3 Å². The van der Waals surface area contributed by atoms with Gasteiger partial charge in [-0.2, -0.15) is 0 Å². The summed E-state index contributed by atoms with van der Waals surface area (Å²) in [6, 6.07) is 0.360. The van der Waals surface area contributed by atoms with Crippen LogP contribution in [0.4, 0.5) is 11.4 Å². The zero-order valence-corrected chi connectivity index (χ0v) is 12.5. The number of hydrogen-bond acceptors (Lipinski definition) is 6. The minimum absolute atomic E-state index is 0. The Hall–Kier alpha value is -1.07. The quantitative estimate of drug-likeness (QED) is 0.368. The van der Waals surface area contributed by atoms with Crippen molar-refractivity contribution in [3.63, 3.8) is 0 Å². The Morgan fingerprint density at radius 2 is 1.67 bits per heavy atom. The summed E-state index contributed by atoms with van der Waals surface area (Å²) < 4.78 is 0. The van der Waals surface area contributed by atoms with Crippen molar-refractivity contribution in [1.29, 1.82) is 0 Å². The van der Waals surface area contributed by atoms with E-state index in [1.807, 2.05) is 0 Å². The second kappa shape index (κ2) is 6.20. The van der Waals surface area contributed by atoms with E-state index in [0.29, 0.717) is 6.07 Å². The van der Waals surface area contributed by atoms with Gasteiger partial charge in [-0.1, -0.05) is 0 Å². The molecule has 0 saturated carbocycles. The number of nitro groups is 2. The minimum atomic E-state index is -1.68. The minimum Gasteiger partial charge on any atom is -0.868 e. The van der Waals surface area contributed by atoms with E-state index in [1.54, 1.807) is 0 Å². The molecule has 18 heavy (non-hydrogen) atoms. The number of nitro benzene ring substituents is 2. The first-order chi connectivity index (χ1) is 7.77. The summed E-state index contributed by atoms with van der Waals surface area (Å²) in [6.07, 6.45) is 0. The van der Waals surface area contributed by atoms with E-state index >= 15 is 0 Å². The molecule has 0 aliphatic heterocycles. The molecule has 0 bridgehead atoms. The number of rotatable bonds is 3. The molecule has 0 atom stereocenters. The standard InChI is InChI=1S/C8H6N2O7.K/c1-3-6(8(12)13)4(9(14)15)2-5(7(3)11)10(16)17;/h2,11H,1H3,(H,12,13);/q;+1/p-1.